The smallest absolute Gasteiger partial charge is 0.220 e. The fourth-order valence-corrected chi connectivity index (χ4v) is 2.65. The van der Waals surface area contributed by atoms with Gasteiger partial charge in [0.1, 0.15) is 0 Å². The van der Waals surface area contributed by atoms with E-state index in [1.807, 2.05) is 12.5 Å². The van der Waals surface area contributed by atoms with E-state index in [4.69, 9.17) is 0 Å². The molecule has 0 radical (unpaired) electrons. The van der Waals surface area contributed by atoms with Gasteiger partial charge in [0.2, 0.25) is 5.91 Å². The summed E-state index contributed by atoms with van der Waals surface area (Å²) in [7, 11) is 0. The molecule has 1 N–H and O–H groups in total. The van der Waals surface area contributed by atoms with Crippen LogP contribution in [0.4, 0.5) is 0 Å². The molecule has 0 aliphatic carbocycles. The Labute approximate surface area is 102 Å². The number of aromatic nitrogens is 2. The molecule has 2 atom stereocenters. The molecule has 1 fully saturated rings. The molecule has 17 heavy (non-hydrogen) atoms. The van der Waals surface area contributed by atoms with Crippen molar-refractivity contribution in [2.75, 3.05) is 0 Å². The summed E-state index contributed by atoms with van der Waals surface area (Å²) in [5, 5.41) is 3.09. The van der Waals surface area contributed by atoms with Crippen molar-refractivity contribution in [3.63, 3.8) is 0 Å². The van der Waals surface area contributed by atoms with Crippen LogP contribution >= 0.6 is 0 Å². The molecule has 2 heterocycles. The third-order valence-corrected chi connectivity index (χ3v) is 3.43. The number of hydrogen-bond donors (Lipinski definition) is 1. The van der Waals surface area contributed by atoms with Crippen LogP contribution in [0.1, 0.15) is 45.2 Å². The molecule has 1 aliphatic rings. The van der Waals surface area contributed by atoms with Crippen molar-refractivity contribution in [1.82, 2.24) is 14.9 Å². The monoisotopic (exact) mass is 235 g/mol. The van der Waals surface area contributed by atoms with Gasteiger partial charge in [-0.3, -0.25) is 4.79 Å². The summed E-state index contributed by atoms with van der Waals surface area (Å²) in [4.78, 5) is 15.8. The zero-order chi connectivity index (χ0) is 12.4. The van der Waals surface area contributed by atoms with Crippen LogP contribution in [0.25, 0.3) is 0 Å². The van der Waals surface area contributed by atoms with E-state index in [9.17, 15) is 4.79 Å². The third kappa shape index (κ3) is 2.51. The highest BCUT2D eigenvalue weighted by Crippen LogP contribution is 2.31. The molecule has 4 nitrogen and oxygen atoms in total. The Bertz CT molecular complexity index is 397. The number of rotatable bonds is 4. The van der Waals surface area contributed by atoms with Gasteiger partial charge in [-0.25, -0.2) is 4.98 Å². The fourth-order valence-electron chi connectivity index (χ4n) is 2.65. The predicted octanol–water partition coefficient (Wildman–Crippen LogP) is 1.92. The minimum atomic E-state index is 0.171. The average Bonchev–Trinajstić information content (AvgIpc) is 2.83. The first-order valence-corrected chi connectivity index (χ1v) is 6.41. The molecule has 2 unspecified atom stereocenters. The van der Waals surface area contributed by atoms with Crippen molar-refractivity contribution >= 4 is 5.91 Å². The first kappa shape index (κ1) is 12.1. The first-order valence-electron chi connectivity index (χ1n) is 6.41. The number of hydrogen-bond acceptors (Lipinski definition) is 2. The Balaban J connectivity index is 2.20. The van der Waals surface area contributed by atoms with Gasteiger partial charge in [-0.05, 0) is 19.3 Å². The molecule has 4 heteroatoms. The molecule has 0 saturated carbocycles. The SMILES string of the molecule is CCn1cncc1C1CC(=O)NC1CC(C)C. The molecule has 0 bridgehead atoms. The Kier molecular flexibility index (Phi) is 3.50. The highest BCUT2D eigenvalue weighted by molar-refractivity contribution is 5.80. The van der Waals surface area contributed by atoms with Crippen LogP contribution in [0.5, 0.6) is 0 Å². The topological polar surface area (TPSA) is 46.9 Å². The Morgan fingerprint density at radius 1 is 1.59 bits per heavy atom. The van der Waals surface area contributed by atoms with Crippen molar-refractivity contribution in [3.05, 3.63) is 18.2 Å². The van der Waals surface area contributed by atoms with Crippen molar-refractivity contribution in [1.29, 1.82) is 0 Å². The van der Waals surface area contributed by atoms with E-state index >= 15 is 0 Å². The largest absolute Gasteiger partial charge is 0.353 e. The van der Waals surface area contributed by atoms with E-state index < -0.39 is 0 Å². The van der Waals surface area contributed by atoms with Crippen LogP contribution in [-0.4, -0.2) is 21.5 Å². The summed E-state index contributed by atoms with van der Waals surface area (Å²) < 4.78 is 2.14. The quantitative estimate of drug-likeness (QED) is 0.866. The van der Waals surface area contributed by atoms with Gasteiger partial charge in [0.25, 0.3) is 0 Å². The lowest BCUT2D eigenvalue weighted by atomic mass is 9.91. The van der Waals surface area contributed by atoms with Gasteiger partial charge in [-0.1, -0.05) is 13.8 Å². The zero-order valence-electron chi connectivity index (χ0n) is 10.8. The molecule has 1 aliphatic heterocycles. The minimum absolute atomic E-state index is 0.171. The normalized spacial score (nSPS) is 24.4. The standard InChI is InChI=1S/C13H21N3O/c1-4-16-8-14-7-12(16)10-6-13(17)15-11(10)5-9(2)3/h7-11H,4-6H2,1-3H3,(H,15,17). The summed E-state index contributed by atoms with van der Waals surface area (Å²) in [5.74, 6) is 1.05. The fraction of sp³-hybridized carbons (Fsp3) is 0.692. The third-order valence-electron chi connectivity index (χ3n) is 3.43. The predicted molar refractivity (Wildman–Crippen MR) is 66.6 cm³/mol. The van der Waals surface area contributed by atoms with Crippen LogP contribution in [-0.2, 0) is 11.3 Å². The Morgan fingerprint density at radius 2 is 2.35 bits per heavy atom. The number of carbonyl (C=O) groups excluding carboxylic acids is 1. The molecule has 1 saturated heterocycles. The van der Waals surface area contributed by atoms with Gasteiger partial charge < -0.3 is 9.88 Å². The van der Waals surface area contributed by atoms with E-state index in [0.29, 0.717) is 12.3 Å². The molecule has 1 aromatic rings. The van der Waals surface area contributed by atoms with Gasteiger partial charge in [0, 0.05) is 36.8 Å². The van der Waals surface area contributed by atoms with Crippen molar-refractivity contribution in [2.45, 2.75) is 52.1 Å². The van der Waals surface area contributed by atoms with Crippen molar-refractivity contribution in [2.24, 2.45) is 5.92 Å². The highest BCUT2D eigenvalue weighted by atomic mass is 16.2. The number of nitrogens with zero attached hydrogens (tertiary/aromatic N) is 2. The van der Waals surface area contributed by atoms with Crippen LogP contribution in [0.15, 0.2) is 12.5 Å². The van der Waals surface area contributed by atoms with E-state index in [1.54, 1.807) is 0 Å². The summed E-state index contributed by atoms with van der Waals surface area (Å²) in [6.07, 6.45) is 5.39. The van der Waals surface area contributed by atoms with Gasteiger partial charge >= 0.3 is 0 Å². The summed E-state index contributed by atoms with van der Waals surface area (Å²) in [6.45, 7) is 7.40. The molecular formula is C13H21N3O. The van der Waals surface area contributed by atoms with E-state index in [2.05, 4.69) is 35.6 Å². The lowest BCUT2D eigenvalue weighted by molar-refractivity contribution is -0.119. The molecular weight excluding hydrogens is 214 g/mol. The molecule has 1 amide bonds. The maximum atomic E-state index is 11.6. The van der Waals surface area contributed by atoms with Crippen LogP contribution in [0.3, 0.4) is 0 Å². The van der Waals surface area contributed by atoms with Crippen molar-refractivity contribution < 1.29 is 4.79 Å². The Hall–Kier alpha value is -1.32. The number of aryl methyl sites for hydroxylation is 1. The lowest BCUT2D eigenvalue weighted by Gasteiger charge is -2.21. The number of nitrogens with one attached hydrogen (secondary N) is 1. The van der Waals surface area contributed by atoms with Gasteiger partial charge in [0.15, 0.2) is 0 Å². The molecule has 1 aromatic heterocycles. The Morgan fingerprint density at radius 3 is 3.00 bits per heavy atom. The summed E-state index contributed by atoms with van der Waals surface area (Å²) in [6, 6.07) is 0.268. The molecule has 0 aromatic carbocycles. The molecule has 94 valence electrons. The second kappa shape index (κ2) is 4.90. The zero-order valence-corrected chi connectivity index (χ0v) is 10.8. The highest BCUT2D eigenvalue weighted by Gasteiger charge is 2.35. The molecule has 2 rings (SSSR count). The van der Waals surface area contributed by atoms with Gasteiger partial charge in [0.05, 0.1) is 6.33 Å². The van der Waals surface area contributed by atoms with Crippen LogP contribution < -0.4 is 5.32 Å². The van der Waals surface area contributed by atoms with Gasteiger partial charge in [-0.2, -0.15) is 0 Å². The lowest BCUT2D eigenvalue weighted by Crippen LogP contribution is -2.30. The number of amides is 1. The maximum Gasteiger partial charge on any atom is 0.220 e. The van der Waals surface area contributed by atoms with Gasteiger partial charge in [-0.15, -0.1) is 0 Å². The number of carbonyl (C=O) groups is 1. The van der Waals surface area contributed by atoms with Crippen molar-refractivity contribution in [3.8, 4) is 0 Å². The summed E-state index contributed by atoms with van der Waals surface area (Å²) in [5.41, 5.74) is 1.19. The first-order chi connectivity index (χ1) is 8.11. The van der Waals surface area contributed by atoms with Crippen LogP contribution in [0, 0.1) is 5.92 Å². The van der Waals surface area contributed by atoms with Crippen LogP contribution in [0.2, 0.25) is 0 Å². The summed E-state index contributed by atoms with van der Waals surface area (Å²) >= 11 is 0. The van der Waals surface area contributed by atoms with E-state index in [0.717, 1.165) is 13.0 Å². The van der Waals surface area contributed by atoms with E-state index in [1.165, 1.54) is 5.69 Å². The second-order valence-corrected chi connectivity index (χ2v) is 5.22. The maximum absolute atomic E-state index is 11.6. The second-order valence-electron chi connectivity index (χ2n) is 5.22. The number of imidazole rings is 1. The minimum Gasteiger partial charge on any atom is -0.353 e. The van der Waals surface area contributed by atoms with E-state index in [-0.39, 0.29) is 17.9 Å². The molecule has 0 spiro atoms. The average molecular weight is 235 g/mol.